The minimum Gasteiger partial charge on any atom is -0.350 e. The zero-order valence-electron chi connectivity index (χ0n) is 76.9. The Hall–Kier alpha value is -12.4. The van der Waals surface area contributed by atoms with Crippen molar-refractivity contribution in [1.29, 1.82) is 0 Å². The SMILES string of the molecule is CCC(CC)N1C(=O)[C@H](CC)NC(=O)C1C(=O)CCc1ccccc1.CC[C@@H]1NC(=O)C(C(=O)NCc2ccccc2)N(C(C)C)C1=O.CC[C@@H]1NC(=O)C(C(=O)NCc2ccccc2)N(Cc2ccccc2)C1=O.CC[C@@H]1NC(=O)C(C(=O)NCc2ccccc2)N(Cc2ccccn2)C1=O.CC[C@@H]1NC(=O)C(C(=O)NCc2ccccc2)N(Cc2cccnc2)C1=O.S.S.S.S.S. The molecule has 0 aliphatic carbocycles. The maximum Gasteiger partial charge on any atom is 0.253 e. The maximum absolute atomic E-state index is 12.8. The summed E-state index contributed by atoms with van der Waals surface area (Å²) < 4.78 is 0. The maximum atomic E-state index is 12.8. The van der Waals surface area contributed by atoms with Crippen molar-refractivity contribution >= 4 is 156 Å². The third-order valence-electron chi connectivity index (χ3n) is 22.5. The van der Waals surface area contributed by atoms with E-state index < -0.39 is 108 Å². The van der Waals surface area contributed by atoms with Crippen molar-refractivity contribution in [3.05, 3.63) is 276 Å². The van der Waals surface area contributed by atoms with Crippen LogP contribution in [0, 0.1) is 0 Å². The van der Waals surface area contributed by atoms with Gasteiger partial charge in [-0.3, -0.25) is 81.9 Å². The van der Waals surface area contributed by atoms with Gasteiger partial charge >= 0.3 is 0 Å². The number of ketones is 1. The first-order valence-corrected chi connectivity index (χ1v) is 44.0. The van der Waals surface area contributed by atoms with Crippen molar-refractivity contribution in [3.63, 3.8) is 0 Å². The van der Waals surface area contributed by atoms with E-state index in [9.17, 15) is 71.9 Å². The fourth-order valence-corrected chi connectivity index (χ4v) is 15.4. The molecular weight excluding hydrogens is 1800 g/mol. The first kappa shape index (κ1) is 114. The summed E-state index contributed by atoms with van der Waals surface area (Å²) in [4.78, 5) is 205. The lowest BCUT2D eigenvalue weighted by molar-refractivity contribution is -0.156. The fraction of sp³-hybridized carbons (Fsp3) is 0.378. The van der Waals surface area contributed by atoms with Gasteiger partial charge in [-0.15, -0.1) is 0 Å². The van der Waals surface area contributed by atoms with Crippen LogP contribution < -0.4 is 47.9 Å². The number of aryl methyl sites for hydroxylation is 1. The molecule has 5 aliphatic rings. The van der Waals surface area contributed by atoms with Crippen LogP contribution >= 0.6 is 67.5 Å². The molecule has 134 heavy (non-hydrogen) atoms. The Morgan fingerprint density at radius 1 is 0.321 bits per heavy atom. The van der Waals surface area contributed by atoms with E-state index in [4.69, 9.17) is 0 Å². The third-order valence-corrected chi connectivity index (χ3v) is 22.5. The van der Waals surface area contributed by atoms with Crippen molar-refractivity contribution < 1.29 is 71.9 Å². The Morgan fingerprint density at radius 3 is 0.933 bits per heavy atom. The Morgan fingerprint density at radius 2 is 0.612 bits per heavy atom. The molecule has 720 valence electrons. The number of carbonyl (C=O) groups excluding carboxylic acids is 15. The lowest BCUT2D eigenvalue weighted by Crippen LogP contribution is -2.68. The Bertz CT molecular complexity index is 4790. The predicted octanol–water partition coefficient (Wildman–Crippen LogP) is 7.48. The summed E-state index contributed by atoms with van der Waals surface area (Å²) in [6, 6.07) is 56.7. The highest BCUT2D eigenvalue weighted by atomic mass is 32.1. The third kappa shape index (κ3) is 31.6. The molecule has 9 N–H and O–H groups in total. The highest BCUT2D eigenvalue weighted by Crippen LogP contribution is 2.25. The summed E-state index contributed by atoms with van der Waals surface area (Å²) in [5.41, 5.74) is 7.00. The van der Waals surface area contributed by atoms with Gasteiger partial charge in [0, 0.05) is 76.4 Å². The average molecular weight is 1930 g/mol. The summed E-state index contributed by atoms with van der Waals surface area (Å²) in [6.45, 7) is 18.4. The minimum atomic E-state index is -1.22. The van der Waals surface area contributed by atoms with Gasteiger partial charge in [0.25, 0.3) is 53.2 Å². The van der Waals surface area contributed by atoms with E-state index in [1.807, 2.05) is 237 Å². The number of nitrogens with zero attached hydrogens (tertiary/aromatic N) is 7. The number of amides is 14. The number of hydrogen-bond acceptors (Lipinski definition) is 17. The molecule has 13 rings (SSSR count). The van der Waals surface area contributed by atoms with Gasteiger partial charge in [-0.2, -0.15) is 67.5 Å². The zero-order chi connectivity index (χ0) is 93.1. The van der Waals surface area contributed by atoms with Crippen LogP contribution in [0.3, 0.4) is 0 Å². The smallest absolute Gasteiger partial charge is 0.253 e. The molecule has 10 atom stereocenters. The number of rotatable bonds is 31. The average Bonchev–Trinajstić information content (AvgIpc) is 0.787. The van der Waals surface area contributed by atoms with Gasteiger partial charge in [0.15, 0.2) is 36.0 Å². The molecule has 2 aromatic heterocycles. The molecule has 6 aromatic carbocycles. The van der Waals surface area contributed by atoms with Crippen molar-refractivity contribution in [2.45, 2.75) is 238 Å². The predicted molar refractivity (Wildman–Crippen MR) is 535 cm³/mol. The standard InChI is InChI=1S/C21H23N3O3.2C20H22N4O3.C20H28N2O3.C17H23N3O3.5H2S/c1-2-17-21(27)24(14-16-11-7-4-8-12-16)18(20(26)23-17)19(25)22-13-15-9-5-3-6-10-15;1-2-16-20(27)24(13-15-10-6-7-11-21-15)17(19(26)23-16)18(25)22-12-14-8-4-3-5-9-14;1-2-16-20(27)24(13-15-9-6-10-21-11-15)17(19(26)23-16)18(25)22-12-14-7-4-3-5-8-14;1-4-15(5-2)22-18(19(24)21-16(6-3)20(22)25)17(23)13-12-14-10-8-7-9-11-14;1-4-13-17(23)20(11(2)3)14(16(22)19-13)15(21)18-10-12-8-6-5-7-9-12;;;;;/h3-12,17-18H,2,13-14H2,1H3,(H,22,25)(H,23,26);2*3-11,16-17H,2,12-13H2,1H3,(H,22,25)(H,23,26);7-11,15-16,18H,4-6,12-13H2,1-3H3,(H,21,24);5-9,11,13-14H,4,10H2,1-3H3,(H,18,21)(H,19,22);5*1H2/t17-,18?;2*16-,17?;16-,18?;13-,14?;;;;;/m00000...../s1. The molecule has 7 heterocycles. The molecule has 0 saturated carbocycles. The van der Waals surface area contributed by atoms with Crippen molar-refractivity contribution in [1.82, 2.24) is 82.3 Å². The zero-order valence-corrected chi connectivity index (χ0v) is 81.9. The second kappa shape index (κ2) is 57.9. The van der Waals surface area contributed by atoms with Gasteiger partial charge in [0.2, 0.25) is 29.5 Å². The van der Waals surface area contributed by atoms with Gasteiger partial charge in [-0.1, -0.05) is 243 Å². The second-order valence-corrected chi connectivity index (χ2v) is 31.7. The normalized spacial score (nSPS) is 19.3. The number of Topliss-reactive ketones (excluding diaryl/α,β-unsaturated/α-hetero) is 1. The summed E-state index contributed by atoms with van der Waals surface area (Å²) in [5, 5.41) is 24.4. The van der Waals surface area contributed by atoms with Crippen LogP contribution in [0.15, 0.2) is 231 Å². The van der Waals surface area contributed by atoms with E-state index in [0.717, 1.165) is 51.8 Å². The molecule has 0 radical (unpaired) electrons. The first-order valence-electron chi connectivity index (χ1n) is 44.0. The van der Waals surface area contributed by atoms with Crippen molar-refractivity contribution in [2.24, 2.45) is 0 Å². The van der Waals surface area contributed by atoms with Crippen LogP contribution in [-0.4, -0.2) is 195 Å². The number of piperazine rings is 5. The van der Waals surface area contributed by atoms with Gasteiger partial charge < -0.3 is 72.4 Å². The van der Waals surface area contributed by atoms with E-state index in [1.54, 1.807) is 61.6 Å². The number of carbonyl (C=O) groups is 15. The molecule has 8 aromatic rings. The summed E-state index contributed by atoms with van der Waals surface area (Å²) in [7, 11) is 0. The summed E-state index contributed by atoms with van der Waals surface area (Å²) >= 11 is 0. The fourth-order valence-electron chi connectivity index (χ4n) is 15.4. The Labute approximate surface area is 818 Å². The molecule has 31 nitrogen and oxygen atoms in total. The number of aromatic nitrogens is 2. The van der Waals surface area contributed by atoms with E-state index in [-0.39, 0.29) is 160 Å². The van der Waals surface area contributed by atoms with E-state index in [1.165, 1.54) is 19.6 Å². The van der Waals surface area contributed by atoms with Gasteiger partial charge in [-0.05, 0) is 122 Å². The highest BCUT2D eigenvalue weighted by molar-refractivity contribution is 7.60. The molecule has 14 amide bonds. The van der Waals surface area contributed by atoms with Gasteiger partial charge in [0.1, 0.15) is 30.2 Å². The summed E-state index contributed by atoms with van der Waals surface area (Å²) in [5.74, 6) is -5.36. The van der Waals surface area contributed by atoms with Crippen LogP contribution in [0.2, 0.25) is 0 Å². The molecular formula is C98H128N16O15S5. The number of benzene rings is 6. The first-order chi connectivity index (χ1) is 62.3. The topological polar surface area (TPSA) is 406 Å². The van der Waals surface area contributed by atoms with E-state index in [0.29, 0.717) is 57.3 Å². The molecule has 5 aliphatic heterocycles. The van der Waals surface area contributed by atoms with Crippen molar-refractivity contribution in [2.75, 3.05) is 0 Å². The Kier molecular flexibility index (Phi) is 49.3. The molecule has 5 fully saturated rings. The van der Waals surface area contributed by atoms with Crippen LogP contribution in [0.5, 0.6) is 0 Å². The summed E-state index contributed by atoms with van der Waals surface area (Å²) in [6.07, 6.45) is 9.61. The van der Waals surface area contributed by atoms with E-state index in [2.05, 4.69) is 57.8 Å². The van der Waals surface area contributed by atoms with Gasteiger partial charge in [0.05, 0.1) is 12.2 Å². The van der Waals surface area contributed by atoms with Gasteiger partial charge in [-0.25, -0.2) is 0 Å². The lowest BCUT2D eigenvalue weighted by Gasteiger charge is -2.42. The highest BCUT2D eigenvalue weighted by Gasteiger charge is 2.50. The van der Waals surface area contributed by atoms with E-state index >= 15 is 0 Å². The molecule has 36 heteroatoms. The van der Waals surface area contributed by atoms with Crippen LogP contribution in [0.4, 0.5) is 0 Å². The molecule has 5 saturated heterocycles. The lowest BCUT2D eigenvalue weighted by atomic mass is 9.94. The van der Waals surface area contributed by atoms with Crippen molar-refractivity contribution in [3.8, 4) is 0 Å². The minimum absolute atomic E-state index is 0. The molecule has 0 spiro atoms. The largest absolute Gasteiger partial charge is 0.350 e. The van der Waals surface area contributed by atoms with Crippen LogP contribution in [0.1, 0.15) is 158 Å². The number of nitrogens with one attached hydrogen (secondary N) is 9. The van der Waals surface area contributed by atoms with Crippen LogP contribution in [-0.2, 0) is 124 Å². The quantitative estimate of drug-likeness (QED) is 0.0190. The molecule has 5 unspecified atom stereocenters. The Balaban J connectivity index is 0.000000347. The number of hydrogen-bond donors (Lipinski definition) is 9. The molecule has 0 bridgehead atoms. The van der Waals surface area contributed by atoms with Crippen LogP contribution in [0.25, 0.3) is 0 Å². The second-order valence-electron chi connectivity index (χ2n) is 31.7. The monoisotopic (exact) mass is 1930 g/mol. The number of pyridine rings is 2.